The second kappa shape index (κ2) is 9.82. The van der Waals surface area contributed by atoms with Gasteiger partial charge in [-0.3, -0.25) is 4.79 Å². The van der Waals surface area contributed by atoms with Crippen LogP contribution in [-0.4, -0.2) is 46.6 Å². The lowest BCUT2D eigenvalue weighted by Crippen LogP contribution is -2.42. The number of carbonyl (C=O) groups excluding carboxylic acids is 1. The van der Waals surface area contributed by atoms with Crippen LogP contribution in [0.5, 0.6) is 0 Å². The van der Waals surface area contributed by atoms with E-state index in [1.807, 2.05) is 6.92 Å². The molecule has 0 saturated heterocycles. The quantitative estimate of drug-likeness (QED) is 0.623. The first-order valence-electron chi connectivity index (χ1n) is 9.39. The molecule has 10 heteroatoms. The van der Waals surface area contributed by atoms with Crippen molar-refractivity contribution in [2.24, 2.45) is 0 Å². The molecule has 160 valence electrons. The molecule has 0 saturated carbocycles. The monoisotopic (exact) mass is 416 g/mol. The van der Waals surface area contributed by atoms with E-state index < -0.39 is 29.6 Å². The van der Waals surface area contributed by atoms with Gasteiger partial charge in [-0.1, -0.05) is 25.1 Å². The molecular formula is C19H24F4N4O2. The number of nitrogens with zero attached hydrogens (tertiary/aromatic N) is 3. The molecule has 0 spiro atoms. The first-order chi connectivity index (χ1) is 13.7. The molecule has 0 aliphatic carbocycles. The van der Waals surface area contributed by atoms with Gasteiger partial charge in [0.1, 0.15) is 5.82 Å². The zero-order valence-electron chi connectivity index (χ0n) is 16.5. The second-order valence-corrected chi connectivity index (χ2v) is 6.79. The van der Waals surface area contributed by atoms with E-state index in [1.54, 1.807) is 0 Å². The van der Waals surface area contributed by atoms with E-state index in [2.05, 4.69) is 38.7 Å². The number of alkyl halides is 3. The van der Waals surface area contributed by atoms with Crippen molar-refractivity contribution in [3.05, 3.63) is 35.5 Å². The van der Waals surface area contributed by atoms with Crippen molar-refractivity contribution in [3.8, 4) is 11.4 Å². The van der Waals surface area contributed by atoms with Gasteiger partial charge in [-0.05, 0) is 45.0 Å². The fourth-order valence-electron chi connectivity index (χ4n) is 2.96. The third kappa shape index (κ3) is 6.25. The summed E-state index contributed by atoms with van der Waals surface area (Å²) < 4.78 is 56.2. The molecule has 2 aromatic rings. The minimum absolute atomic E-state index is 0.0246. The molecular weight excluding hydrogens is 392 g/mol. The molecule has 0 aliphatic heterocycles. The zero-order valence-corrected chi connectivity index (χ0v) is 16.5. The van der Waals surface area contributed by atoms with Crippen LogP contribution in [0.3, 0.4) is 0 Å². The van der Waals surface area contributed by atoms with Crippen molar-refractivity contribution >= 4 is 5.91 Å². The van der Waals surface area contributed by atoms with Crippen molar-refractivity contribution in [2.75, 3.05) is 19.6 Å². The van der Waals surface area contributed by atoms with Gasteiger partial charge in [-0.15, -0.1) is 0 Å². The highest BCUT2D eigenvalue weighted by Gasteiger charge is 2.38. The summed E-state index contributed by atoms with van der Waals surface area (Å²) in [6.07, 6.45) is -2.81. The van der Waals surface area contributed by atoms with Crippen LogP contribution < -0.4 is 5.32 Å². The highest BCUT2D eigenvalue weighted by Crippen LogP contribution is 2.29. The van der Waals surface area contributed by atoms with Gasteiger partial charge in [-0.25, -0.2) is 4.39 Å². The topological polar surface area (TPSA) is 71.3 Å². The Morgan fingerprint density at radius 2 is 1.90 bits per heavy atom. The highest BCUT2D eigenvalue weighted by atomic mass is 19.4. The standard InChI is InChI=1S/C19H24F4N4O2/c1-4-8-27(9-5-2)11-12(3)24-17(28)14-7-6-13(10-15(14)20)16-25-18(29-26-16)19(21,22)23/h6-7,10,12H,4-5,8-9,11H2,1-3H3,(H,24,28). The van der Waals surface area contributed by atoms with Gasteiger partial charge in [0.25, 0.3) is 5.91 Å². The highest BCUT2D eigenvalue weighted by molar-refractivity contribution is 5.95. The van der Waals surface area contributed by atoms with Crippen LogP contribution in [-0.2, 0) is 6.18 Å². The molecule has 0 radical (unpaired) electrons. The Kier molecular flexibility index (Phi) is 7.72. The molecule has 29 heavy (non-hydrogen) atoms. The van der Waals surface area contributed by atoms with Gasteiger partial charge in [0.2, 0.25) is 5.82 Å². The van der Waals surface area contributed by atoms with Crippen LogP contribution in [0.25, 0.3) is 11.4 Å². The summed E-state index contributed by atoms with van der Waals surface area (Å²) in [7, 11) is 0. The van der Waals surface area contributed by atoms with E-state index >= 15 is 0 Å². The summed E-state index contributed by atoms with van der Waals surface area (Å²) in [6, 6.07) is 3.16. The van der Waals surface area contributed by atoms with E-state index in [9.17, 15) is 22.4 Å². The van der Waals surface area contributed by atoms with E-state index in [4.69, 9.17) is 0 Å². The molecule has 1 unspecified atom stereocenters. The van der Waals surface area contributed by atoms with Crippen LogP contribution in [0.4, 0.5) is 17.6 Å². The fraction of sp³-hybridized carbons (Fsp3) is 0.526. The number of hydrogen-bond donors (Lipinski definition) is 1. The number of hydrogen-bond acceptors (Lipinski definition) is 5. The molecule has 1 aromatic carbocycles. The second-order valence-electron chi connectivity index (χ2n) is 6.79. The number of aromatic nitrogens is 2. The molecule has 1 N–H and O–H groups in total. The number of benzene rings is 1. The number of halogens is 4. The molecule has 6 nitrogen and oxygen atoms in total. The molecule has 1 amide bonds. The van der Waals surface area contributed by atoms with Crippen molar-refractivity contribution < 1.29 is 26.9 Å². The predicted octanol–water partition coefficient (Wildman–Crippen LogP) is 4.13. The summed E-state index contributed by atoms with van der Waals surface area (Å²) in [5.41, 5.74) is -0.235. The van der Waals surface area contributed by atoms with E-state index in [0.717, 1.165) is 32.0 Å². The number of carbonyl (C=O) groups is 1. The average molecular weight is 416 g/mol. The molecule has 0 bridgehead atoms. The number of rotatable bonds is 9. The normalized spacial score (nSPS) is 13.0. The summed E-state index contributed by atoms with van der Waals surface area (Å²) in [5.74, 6) is -3.42. The maximum atomic E-state index is 14.4. The minimum Gasteiger partial charge on any atom is -0.348 e. The van der Waals surface area contributed by atoms with Crippen molar-refractivity contribution in [2.45, 2.75) is 45.8 Å². The molecule has 2 rings (SSSR count). The van der Waals surface area contributed by atoms with Crippen LogP contribution >= 0.6 is 0 Å². The van der Waals surface area contributed by atoms with Crippen LogP contribution in [0.1, 0.15) is 49.9 Å². The van der Waals surface area contributed by atoms with Crippen LogP contribution in [0.2, 0.25) is 0 Å². The van der Waals surface area contributed by atoms with Crippen molar-refractivity contribution in [1.29, 1.82) is 0 Å². The van der Waals surface area contributed by atoms with Crippen molar-refractivity contribution in [3.63, 3.8) is 0 Å². The smallest absolute Gasteiger partial charge is 0.348 e. The molecule has 1 aromatic heterocycles. The Morgan fingerprint density at radius 3 is 2.41 bits per heavy atom. The molecule has 1 heterocycles. The minimum atomic E-state index is -4.79. The number of amides is 1. The van der Waals surface area contributed by atoms with Gasteiger partial charge in [0.05, 0.1) is 5.56 Å². The molecule has 0 fully saturated rings. The van der Waals surface area contributed by atoms with Gasteiger partial charge in [0.15, 0.2) is 0 Å². The largest absolute Gasteiger partial charge is 0.471 e. The van der Waals surface area contributed by atoms with Gasteiger partial charge in [0, 0.05) is 18.2 Å². The molecule has 0 aliphatic rings. The first kappa shape index (κ1) is 22.8. The van der Waals surface area contributed by atoms with Gasteiger partial charge < -0.3 is 14.7 Å². The Hall–Kier alpha value is -2.49. The third-order valence-electron chi connectivity index (χ3n) is 4.13. The Labute approximate surface area is 166 Å². The fourth-order valence-corrected chi connectivity index (χ4v) is 2.96. The Bertz CT molecular complexity index is 817. The summed E-state index contributed by atoms with van der Waals surface area (Å²) in [4.78, 5) is 17.8. The first-order valence-corrected chi connectivity index (χ1v) is 9.39. The summed E-state index contributed by atoms with van der Waals surface area (Å²) in [6.45, 7) is 8.43. The van der Waals surface area contributed by atoms with Crippen LogP contribution in [0, 0.1) is 5.82 Å². The summed E-state index contributed by atoms with van der Waals surface area (Å²) in [5, 5.41) is 5.95. The van der Waals surface area contributed by atoms with E-state index in [-0.39, 0.29) is 17.2 Å². The SMILES string of the molecule is CCCN(CCC)CC(C)NC(=O)c1ccc(-c2noc(C(F)(F)F)n2)cc1F. The lowest BCUT2D eigenvalue weighted by Gasteiger charge is -2.25. The zero-order chi connectivity index (χ0) is 21.6. The third-order valence-corrected chi connectivity index (χ3v) is 4.13. The van der Waals surface area contributed by atoms with Crippen LogP contribution in [0.15, 0.2) is 22.7 Å². The van der Waals surface area contributed by atoms with Gasteiger partial charge in [-0.2, -0.15) is 18.2 Å². The lowest BCUT2D eigenvalue weighted by molar-refractivity contribution is -0.159. The molecule has 1 atom stereocenters. The predicted molar refractivity (Wildman–Crippen MR) is 98.6 cm³/mol. The Balaban J connectivity index is 2.07. The lowest BCUT2D eigenvalue weighted by atomic mass is 10.1. The maximum Gasteiger partial charge on any atom is 0.471 e. The van der Waals surface area contributed by atoms with Gasteiger partial charge >= 0.3 is 12.1 Å². The Morgan fingerprint density at radius 1 is 1.24 bits per heavy atom. The maximum absolute atomic E-state index is 14.4. The van der Waals surface area contributed by atoms with E-state index in [1.165, 1.54) is 12.1 Å². The van der Waals surface area contributed by atoms with E-state index in [0.29, 0.717) is 6.54 Å². The van der Waals surface area contributed by atoms with Crippen molar-refractivity contribution in [1.82, 2.24) is 20.4 Å². The average Bonchev–Trinajstić information content (AvgIpc) is 3.12. The summed E-state index contributed by atoms with van der Waals surface area (Å²) >= 11 is 0. The number of nitrogens with one attached hydrogen (secondary N) is 1.